The second-order valence-electron chi connectivity index (χ2n) is 3.98. The number of hydrogen-bond acceptors (Lipinski definition) is 4. The molecule has 0 saturated carbocycles. The fraction of sp³-hybridized carbons (Fsp3) is 0.800. The van der Waals surface area contributed by atoms with Gasteiger partial charge in [-0.15, -0.1) is 0 Å². The number of carboxylic acids is 1. The van der Waals surface area contributed by atoms with Crippen molar-refractivity contribution in [1.82, 2.24) is 10.6 Å². The molecule has 0 spiro atoms. The van der Waals surface area contributed by atoms with Crippen molar-refractivity contribution in [3.63, 3.8) is 0 Å². The highest BCUT2D eigenvalue weighted by atomic mass is 16.4. The van der Waals surface area contributed by atoms with Gasteiger partial charge >= 0.3 is 5.97 Å². The van der Waals surface area contributed by atoms with Crippen molar-refractivity contribution in [3.8, 4) is 0 Å². The Morgan fingerprint density at radius 1 is 1.50 bits per heavy atom. The molecule has 1 saturated heterocycles. The number of amides is 1. The lowest BCUT2D eigenvalue weighted by atomic mass is 9.99. The molecule has 6 heteroatoms. The summed E-state index contributed by atoms with van der Waals surface area (Å²) in [6.07, 6.45) is 0.488. The first-order valence-electron chi connectivity index (χ1n) is 5.50. The van der Waals surface area contributed by atoms with Crippen molar-refractivity contribution in [2.75, 3.05) is 19.6 Å². The molecule has 6 nitrogen and oxygen atoms in total. The van der Waals surface area contributed by atoms with E-state index < -0.39 is 12.1 Å². The van der Waals surface area contributed by atoms with Gasteiger partial charge in [0.2, 0.25) is 5.91 Å². The van der Waals surface area contributed by atoms with Crippen LogP contribution in [0.5, 0.6) is 0 Å². The Hall–Kier alpha value is -1.14. The molecule has 1 unspecified atom stereocenters. The van der Waals surface area contributed by atoms with Crippen molar-refractivity contribution >= 4 is 11.9 Å². The minimum atomic E-state index is -1.40. The van der Waals surface area contributed by atoms with Crippen LogP contribution in [-0.4, -0.2) is 47.8 Å². The summed E-state index contributed by atoms with van der Waals surface area (Å²) >= 11 is 0. The SMILES string of the molecule is O=C(O)C(O)CCNC(=O)[C@@H]1CCCNC1. The van der Waals surface area contributed by atoms with Gasteiger partial charge in [0.05, 0.1) is 5.92 Å². The van der Waals surface area contributed by atoms with Gasteiger partial charge in [-0.1, -0.05) is 0 Å². The van der Waals surface area contributed by atoms with Gasteiger partial charge < -0.3 is 20.8 Å². The minimum absolute atomic E-state index is 0.0317. The zero-order valence-corrected chi connectivity index (χ0v) is 9.11. The van der Waals surface area contributed by atoms with E-state index in [4.69, 9.17) is 10.2 Å². The molecular weight excluding hydrogens is 212 g/mol. The van der Waals surface area contributed by atoms with Crippen LogP contribution in [0.25, 0.3) is 0 Å². The number of nitrogens with one attached hydrogen (secondary N) is 2. The molecule has 1 aliphatic heterocycles. The fourth-order valence-electron chi connectivity index (χ4n) is 1.68. The second kappa shape index (κ2) is 6.44. The number of aliphatic hydroxyl groups excluding tert-OH is 1. The van der Waals surface area contributed by atoms with Crippen LogP contribution in [0.3, 0.4) is 0 Å². The number of carboxylic acid groups (broad SMARTS) is 1. The molecule has 0 aromatic heterocycles. The summed E-state index contributed by atoms with van der Waals surface area (Å²) in [6, 6.07) is 0. The fourth-order valence-corrected chi connectivity index (χ4v) is 1.68. The quantitative estimate of drug-likeness (QED) is 0.482. The number of aliphatic carboxylic acids is 1. The Bertz CT molecular complexity index is 251. The summed E-state index contributed by atoms with van der Waals surface area (Å²) in [5.41, 5.74) is 0. The van der Waals surface area contributed by atoms with Crippen LogP contribution in [0.2, 0.25) is 0 Å². The number of rotatable bonds is 5. The predicted molar refractivity (Wildman–Crippen MR) is 56.9 cm³/mol. The van der Waals surface area contributed by atoms with Crippen molar-refractivity contribution in [3.05, 3.63) is 0 Å². The topological polar surface area (TPSA) is 98.7 Å². The van der Waals surface area contributed by atoms with Gasteiger partial charge in [0.15, 0.2) is 6.10 Å². The van der Waals surface area contributed by atoms with Gasteiger partial charge in [-0.05, 0) is 19.4 Å². The van der Waals surface area contributed by atoms with Crippen LogP contribution >= 0.6 is 0 Å². The van der Waals surface area contributed by atoms with Gasteiger partial charge in [0, 0.05) is 19.5 Å². The molecule has 0 aromatic rings. The molecule has 1 aliphatic rings. The molecule has 0 aromatic carbocycles. The van der Waals surface area contributed by atoms with Crippen LogP contribution in [0.1, 0.15) is 19.3 Å². The molecule has 4 N–H and O–H groups in total. The summed E-state index contributed by atoms with van der Waals surface area (Å²) < 4.78 is 0. The molecule has 0 aliphatic carbocycles. The molecule has 1 heterocycles. The average molecular weight is 230 g/mol. The smallest absolute Gasteiger partial charge is 0.332 e. The lowest BCUT2D eigenvalue weighted by molar-refractivity contribution is -0.147. The van der Waals surface area contributed by atoms with E-state index in [1.807, 2.05) is 0 Å². The van der Waals surface area contributed by atoms with Gasteiger partial charge in [-0.2, -0.15) is 0 Å². The lowest BCUT2D eigenvalue weighted by Crippen LogP contribution is -2.41. The van der Waals surface area contributed by atoms with E-state index in [1.54, 1.807) is 0 Å². The van der Waals surface area contributed by atoms with Crippen LogP contribution in [0.4, 0.5) is 0 Å². The van der Waals surface area contributed by atoms with Crippen LogP contribution in [0, 0.1) is 5.92 Å². The van der Waals surface area contributed by atoms with E-state index >= 15 is 0 Å². The summed E-state index contributed by atoms with van der Waals surface area (Å²) in [5, 5.41) is 23.2. The summed E-state index contributed by atoms with van der Waals surface area (Å²) in [6.45, 7) is 1.82. The highest BCUT2D eigenvalue weighted by Gasteiger charge is 2.21. The first-order chi connectivity index (χ1) is 7.61. The van der Waals surface area contributed by atoms with Crippen molar-refractivity contribution in [2.24, 2.45) is 5.92 Å². The molecule has 1 rings (SSSR count). The third-order valence-corrected chi connectivity index (χ3v) is 2.67. The Morgan fingerprint density at radius 2 is 2.25 bits per heavy atom. The highest BCUT2D eigenvalue weighted by molar-refractivity contribution is 5.79. The van der Waals surface area contributed by atoms with Gasteiger partial charge in [0.25, 0.3) is 0 Å². The van der Waals surface area contributed by atoms with Crippen molar-refractivity contribution < 1.29 is 19.8 Å². The Labute approximate surface area is 94.0 Å². The molecule has 1 amide bonds. The molecule has 1 fully saturated rings. The molecule has 92 valence electrons. The number of piperidine rings is 1. The average Bonchev–Trinajstić information content (AvgIpc) is 2.29. The third kappa shape index (κ3) is 4.16. The number of carbonyl (C=O) groups is 2. The summed E-state index contributed by atoms with van der Waals surface area (Å²) in [4.78, 5) is 21.9. The summed E-state index contributed by atoms with van der Waals surface area (Å²) in [7, 11) is 0. The van der Waals surface area contributed by atoms with E-state index in [1.165, 1.54) is 0 Å². The molecule has 0 radical (unpaired) electrons. The van der Waals surface area contributed by atoms with Gasteiger partial charge in [-0.25, -0.2) is 4.79 Å². The number of carbonyl (C=O) groups excluding carboxylic acids is 1. The van der Waals surface area contributed by atoms with Crippen molar-refractivity contribution in [1.29, 1.82) is 0 Å². The van der Waals surface area contributed by atoms with Gasteiger partial charge in [0.1, 0.15) is 0 Å². The van der Waals surface area contributed by atoms with Crippen LogP contribution < -0.4 is 10.6 Å². The minimum Gasteiger partial charge on any atom is -0.479 e. The normalized spacial score (nSPS) is 22.4. The summed E-state index contributed by atoms with van der Waals surface area (Å²) in [5.74, 6) is -1.35. The van der Waals surface area contributed by atoms with E-state index in [0.29, 0.717) is 6.54 Å². The Balaban J connectivity index is 2.16. The van der Waals surface area contributed by atoms with Crippen LogP contribution in [0.15, 0.2) is 0 Å². The highest BCUT2D eigenvalue weighted by Crippen LogP contribution is 2.09. The third-order valence-electron chi connectivity index (χ3n) is 2.67. The zero-order chi connectivity index (χ0) is 12.0. The van der Waals surface area contributed by atoms with E-state index in [0.717, 1.165) is 19.4 Å². The zero-order valence-electron chi connectivity index (χ0n) is 9.11. The molecular formula is C10H18N2O4. The van der Waals surface area contributed by atoms with Gasteiger partial charge in [-0.3, -0.25) is 4.79 Å². The Morgan fingerprint density at radius 3 is 2.81 bits per heavy atom. The van der Waals surface area contributed by atoms with E-state index in [2.05, 4.69) is 10.6 Å². The number of aliphatic hydroxyl groups is 1. The maximum absolute atomic E-state index is 11.6. The first-order valence-corrected chi connectivity index (χ1v) is 5.50. The number of hydrogen-bond donors (Lipinski definition) is 4. The second-order valence-corrected chi connectivity index (χ2v) is 3.98. The predicted octanol–water partition coefficient (Wildman–Crippen LogP) is -1.06. The standard InChI is InChI=1S/C10H18N2O4/c13-8(10(15)16)3-5-12-9(14)7-2-1-4-11-6-7/h7-8,11,13H,1-6H2,(H,12,14)(H,15,16)/t7-,8?/m1/s1. The van der Waals surface area contributed by atoms with E-state index in [9.17, 15) is 9.59 Å². The lowest BCUT2D eigenvalue weighted by Gasteiger charge is -2.21. The monoisotopic (exact) mass is 230 g/mol. The van der Waals surface area contributed by atoms with Crippen molar-refractivity contribution in [2.45, 2.75) is 25.4 Å². The molecule has 0 bridgehead atoms. The Kier molecular flexibility index (Phi) is 5.21. The maximum atomic E-state index is 11.6. The molecule has 16 heavy (non-hydrogen) atoms. The first kappa shape index (κ1) is 12.9. The largest absolute Gasteiger partial charge is 0.479 e. The van der Waals surface area contributed by atoms with Crippen LogP contribution in [-0.2, 0) is 9.59 Å². The molecule has 2 atom stereocenters. The maximum Gasteiger partial charge on any atom is 0.332 e. The van der Waals surface area contributed by atoms with E-state index in [-0.39, 0.29) is 24.8 Å².